The Balaban J connectivity index is 1.34. The van der Waals surface area contributed by atoms with Gasteiger partial charge in [-0.05, 0) is 62.0 Å². The molecule has 1 aromatic heterocycles. The number of hydrogen-bond acceptors (Lipinski definition) is 8. The molecule has 0 unspecified atom stereocenters. The number of nitrogens with zero attached hydrogens (tertiary/aromatic N) is 3. The SMILES string of the molecule is C[C@H]1CN([C@@H](C)CO)C(=O)c2cc(NC(=O)Nc3ccc4c(c3)OCO4)ccc2O[C@H]1CN(C)Cc1ccncc1. The summed E-state index contributed by atoms with van der Waals surface area (Å²) in [7, 11) is 2.03. The molecule has 0 fully saturated rings. The molecule has 11 heteroatoms. The summed E-state index contributed by atoms with van der Waals surface area (Å²) in [4.78, 5) is 34.4. The molecule has 41 heavy (non-hydrogen) atoms. The lowest BCUT2D eigenvalue weighted by molar-refractivity contribution is 0.0341. The van der Waals surface area contributed by atoms with Gasteiger partial charge in [0.05, 0.1) is 18.2 Å². The summed E-state index contributed by atoms with van der Waals surface area (Å²) in [5.41, 5.74) is 2.42. The monoisotopic (exact) mass is 561 g/mol. The van der Waals surface area contributed by atoms with Gasteiger partial charge in [-0.2, -0.15) is 0 Å². The number of ether oxygens (including phenoxy) is 3. The first kappa shape index (κ1) is 28.2. The van der Waals surface area contributed by atoms with Crippen molar-refractivity contribution in [2.75, 3.05) is 44.2 Å². The number of hydrogen-bond donors (Lipinski definition) is 3. The molecule has 3 atom stereocenters. The lowest BCUT2D eigenvalue weighted by atomic mass is 9.99. The molecule has 3 amide bonds. The number of amides is 3. The van der Waals surface area contributed by atoms with Gasteiger partial charge in [0, 0.05) is 55.4 Å². The largest absolute Gasteiger partial charge is 0.488 e. The number of carbonyl (C=O) groups excluding carboxylic acids is 2. The van der Waals surface area contributed by atoms with Crippen LogP contribution in [0.1, 0.15) is 29.8 Å². The van der Waals surface area contributed by atoms with Crippen molar-refractivity contribution in [1.29, 1.82) is 0 Å². The molecule has 0 spiro atoms. The molecule has 2 aliphatic rings. The van der Waals surface area contributed by atoms with Crippen LogP contribution in [0.5, 0.6) is 17.2 Å². The Bertz CT molecular complexity index is 1390. The van der Waals surface area contributed by atoms with E-state index < -0.39 is 12.1 Å². The number of likely N-dealkylation sites (N-methyl/N-ethyl adjacent to an activating group) is 1. The van der Waals surface area contributed by atoms with E-state index in [4.69, 9.17) is 14.2 Å². The third-order valence-electron chi connectivity index (χ3n) is 7.25. The van der Waals surface area contributed by atoms with Gasteiger partial charge in [0.2, 0.25) is 6.79 Å². The number of anilines is 2. The number of pyridine rings is 1. The molecule has 5 rings (SSSR count). The highest BCUT2D eigenvalue weighted by Gasteiger charge is 2.33. The van der Waals surface area contributed by atoms with Crippen LogP contribution in [-0.4, -0.2) is 77.5 Å². The number of benzene rings is 2. The molecular weight excluding hydrogens is 526 g/mol. The second-order valence-corrected chi connectivity index (χ2v) is 10.5. The average Bonchev–Trinajstić information content (AvgIpc) is 3.43. The van der Waals surface area contributed by atoms with E-state index in [0.29, 0.717) is 47.3 Å². The molecular formula is C30H35N5O6. The van der Waals surface area contributed by atoms with E-state index >= 15 is 0 Å². The molecule has 216 valence electrons. The Labute approximate surface area is 239 Å². The number of nitrogens with one attached hydrogen (secondary N) is 2. The highest BCUT2D eigenvalue weighted by Crippen LogP contribution is 2.34. The topological polar surface area (TPSA) is 125 Å². The predicted octanol–water partition coefficient (Wildman–Crippen LogP) is 3.81. The summed E-state index contributed by atoms with van der Waals surface area (Å²) in [6, 6.07) is 13.2. The number of rotatable bonds is 8. The summed E-state index contributed by atoms with van der Waals surface area (Å²) >= 11 is 0. The molecule has 0 aliphatic carbocycles. The minimum absolute atomic E-state index is 0.00808. The van der Waals surface area contributed by atoms with Crippen LogP contribution in [0, 0.1) is 5.92 Å². The van der Waals surface area contributed by atoms with Gasteiger partial charge < -0.3 is 34.9 Å². The van der Waals surface area contributed by atoms with E-state index in [1.165, 1.54) is 0 Å². The van der Waals surface area contributed by atoms with Gasteiger partial charge in [-0.1, -0.05) is 6.92 Å². The van der Waals surface area contributed by atoms with Crippen molar-refractivity contribution in [3.05, 3.63) is 72.1 Å². The van der Waals surface area contributed by atoms with Crippen molar-refractivity contribution < 1.29 is 28.9 Å². The van der Waals surface area contributed by atoms with E-state index in [2.05, 4.69) is 27.4 Å². The Morgan fingerprint density at radius 3 is 2.49 bits per heavy atom. The second-order valence-electron chi connectivity index (χ2n) is 10.5. The van der Waals surface area contributed by atoms with Crippen molar-refractivity contribution in [2.24, 2.45) is 5.92 Å². The Morgan fingerprint density at radius 2 is 1.76 bits per heavy atom. The van der Waals surface area contributed by atoms with E-state index in [9.17, 15) is 14.7 Å². The smallest absolute Gasteiger partial charge is 0.323 e. The Hall–Kier alpha value is -4.35. The molecule has 11 nitrogen and oxygen atoms in total. The molecule has 0 radical (unpaired) electrons. The first-order valence-corrected chi connectivity index (χ1v) is 13.6. The number of fused-ring (bicyclic) bond motifs is 2. The quantitative estimate of drug-likeness (QED) is 0.379. The number of carbonyl (C=O) groups is 2. The van der Waals surface area contributed by atoms with Crippen molar-refractivity contribution in [2.45, 2.75) is 32.5 Å². The lowest BCUT2D eigenvalue weighted by Crippen LogP contribution is -2.49. The maximum Gasteiger partial charge on any atom is 0.323 e. The van der Waals surface area contributed by atoms with Crippen LogP contribution in [0.2, 0.25) is 0 Å². The molecule has 3 N–H and O–H groups in total. The summed E-state index contributed by atoms with van der Waals surface area (Å²) < 4.78 is 17.2. The van der Waals surface area contributed by atoms with Crippen molar-refractivity contribution >= 4 is 23.3 Å². The third kappa shape index (κ3) is 6.69. The third-order valence-corrected chi connectivity index (χ3v) is 7.25. The zero-order valence-corrected chi connectivity index (χ0v) is 23.4. The van der Waals surface area contributed by atoms with E-state index in [1.54, 1.807) is 53.7 Å². The van der Waals surface area contributed by atoms with Gasteiger partial charge in [-0.3, -0.25) is 14.7 Å². The molecule has 0 bridgehead atoms. The van der Waals surface area contributed by atoms with Gasteiger partial charge in [-0.15, -0.1) is 0 Å². The van der Waals surface area contributed by atoms with E-state index in [0.717, 1.165) is 12.1 Å². The van der Waals surface area contributed by atoms with Gasteiger partial charge >= 0.3 is 6.03 Å². The van der Waals surface area contributed by atoms with Gasteiger partial charge in [-0.25, -0.2) is 4.79 Å². The maximum absolute atomic E-state index is 13.7. The summed E-state index contributed by atoms with van der Waals surface area (Å²) in [6.07, 6.45) is 3.32. The van der Waals surface area contributed by atoms with Gasteiger partial charge in [0.15, 0.2) is 11.5 Å². The second kappa shape index (κ2) is 12.4. The fraction of sp³-hybridized carbons (Fsp3) is 0.367. The molecule has 2 aliphatic heterocycles. The van der Waals surface area contributed by atoms with Crippen LogP contribution >= 0.6 is 0 Å². The zero-order chi connectivity index (χ0) is 28.9. The van der Waals surface area contributed by atoms with Gasteiger partial charge in [0.25, 0.3) is 5.91 Å². The zero-order valence-electron chi connectivity index (χ0n) is 23.4. The first-order valence-electron chi connectivity index (χ1n) is 13.6. The molecule has 2 aromatic carbocycles. The molecule has 0 saturated heterocycles. The van der Waals surface area contributed by atoms with E-state index in [-0.39, 0.29) is 31.3 Å². The highest BCUT2D eigenvalue weighted by molar-refractivity contribution is 6.02. The molecule has 0 saturated carbocycles. The molecule has 3 aromatic rings. The molecule has 3 heterocycles. The van der Waals surface area contributed by atoms with Gasteiger partial charge in [0.1, 0.15) is 11.9 Å². The minimum Gasteiger partial charge on any atom is -0.488 e. The summed E-state index contributed by atoms with van der Waals surface area (Å²) in [5, 5.41) is 15.5. The summed E-state index contributed by atoms with van der Waals surface area (Å²) in [6.45, 7) is 5.60. The number of aromatic nitrogens is 1. The Kier molecular flexibility index (Phi) is 8.55. The highest BCUT2D eigenvalue weighted by atomic mass is 16.7. The van der Waals surface area contributed by atoms with Crippen molar-refractivity contribution in [1.82, 2.24) is 14.8 Å². The Morgan fingerprint density at radius 1 is 1.07 bits per heavy atom. The van der Waals surface area contributed by atoms with Crippen LogP contribution in [-0.2, 0) is 6.54 Å². The normalized spacial score (nSPS) is 18.7. The maximum atomic E-state index is 13.7. The average molecular weight is 562 g/mol. The number of aliphatic hydroxyl groups excluding tert-OH is 1. The predicted molar refractivity (Wildman–Crippen MR) is 153 cm³/mol. The summed E-state index contributed by atoms with van der Waals surface area (Å²) in [5.74, 6) is 1.33. The van der Waals surface area contributed by atoms with Crippen molar-refractivity contribution in [3.8, 4) is 17.2 Å². The fourth-order valence-corrected chi connectivity index (χ4v) is 4.96. The minimum atomic E-state index is -0.479. The number of aliphatic hydroxyl groups is 1. The fourth-order valence-electron chi connectivity index (χ4n) is 4.96. The van der Waals surface area contributed by atoms with Crippen LogP contribution in [0.3, 0.4) is 0 Å². The van der Waals surface area contributed by atoms with Crippen LogP contribution in [0.15, 0.2) is 60.9 Å². The standard InChI is InChI=1S/C30H35N5O6/c1-19-14-35(20(2)17-36)29(37)24-12-22(32-30(38)33-23-5-7-26-27(13-23)40-18-39-26)4-6-25(24)41-28(19)16-34(3)15-21-8-10-31-11-9-21/h4-13,19-20,28,36H,14-18H2,1-3H3,(H2,32,33,38)/t19-,20-,28-/m0/s1. The van der Waals surface area contributed by atoms with Crippen molar-refractivity contribution in [3.63, 3.8) is 0 Å². The van der Waals surface area contributed by atoms with Crippen LogP contribution in [0.25, 0.3) is 0 Å². The number of urea groups is 1. The van der Waals surface area contributed by atoms with E-state index in [1.807, 2.05) is 26.1 Å². The first-order chi connectivity index (χ1) is 19.8. The van der Waals surface area contributed by atoms with Crippen LogP contribution in [0.4, 0.5) is 16.2 Å². The van der Waals surface area contributed by atoms with Crippen LogP contribution < -0.4 is 24.8 Å². The lowest BCUT2D eigenvalue weighted by Gasteiger charge is -2.38.